The van der Waals surface area contributed by atoms with Gasteiger partial charge in [0.05, 0.1) is 17.2 Å². The molecule has 0 heterocycles. The molecule has 0 unspecified atom stereocenters. The molecule has 0 saturated heterocycles. The van der Waals surface area contributed by atoms with Crippen molar-refractivity contribution in [2.45, 2.75) is 6.54 Å². The Labute approximate surface area is 121 Å². The molecule has 2 aromatic carbocycles. The first kappa shape index (κ1) is 14.5. The van der Waals surface area contributed by atoms with Crippen molar-refractivity contribution in [3.05, 3.63) is 65.0 Å². The van der Waals surface area contributed by atoms with Crippen LogP contribution in [0.5, 0.6) is 0 Å². The summed E-state index contributed by atoms with van der Waals surface area (Å²) in [7, 11) is 1.84. The van der Waals surface area contributed by atoms with Crippen LogP contribution in [0.25, 0.3) is 0 Å². The highest BCUT2D eigenvalue weighted by molar-refractivity contribution is 5.87. The van der Waals surface area contributed by atoms with Gasteiger partial charge in [0.1, 0.15) is 5.82 Å². The summed E-state index contributed by atoms with van der Waals surface area (Å²) >= 11 is 0. The summed E-state index contributed by atoms with van der Waals surface area (Å²) < 4.78 is 13.6. The van der Waals surface area contributed by atoms with E-state index in [1.165, 1.54) is 12.1 Å². The lowest BCUT2D eigenvalue weighted by atomic mass is 10.1. The number of carboxylic acids is 1. The van der Waals surface area contributed by atoms with Crippen molar-refractivity contribution in [3.63, 3.8) is 0 Å². The van der Waals surface area contributed by atoms with Crippen LogP contribution in [0.3, 0.4) is 0 Å². The van der Waals surface area contributed by atoms with Gasteiger partial charge in [0.25, 0.3) is 0 Å². The Bertz CT molecular complexity index is 705. The number of hydrogen-bond acceptors (Lipinski definition) is 3. The molecule has 0 fully saturated rings. The van der Waals surface area contributed by atoms with Crippen LogP contribution in [0.1, 0.15) is 21.5 Å². The number of carboxylic acid groups (broad SMARTS) is 1. The summed E-state index contributed by atoms with van der Waals surface area (Å²) in [6.45, 7) is 0.433. The van der Waals surface area contributed by atoms with Gasteiger partial charge in [0, 0.05) is 19.3 Å². The first-order valence-corrected chi connectivity index (χ1v) is 6.24. The van der Waals surface area contributed by atoms with Gasteiger partial charge in [-0.2, -0.15) is 5.26 Å². The third kappa shape index (κ3) is 3.37. The average Bonchev–Trinajstić information content (AvgIpc) is 2.47. The molecule has 0 aliphatic rings. The summed E-state index contributed by atoms with van der Waals surface area (Å²) in [4.78, 5) is 12.6. The molecule has 0 spiro atoms. The first-order chi connectivity index (χ1) is 10.0. The standard InChI is InChI=1S/C16H13FN2O2/c1-19(13-5-2-11(9-18)3-6-13)10-12-4-7-14(16(20)21)15(17)8-12/h2-8H,10H2,1H3,(H,20,21). The predicted octanol–water partition coefficient (Wildman–Crippen LogP) is 3.03. The van der Waals surface area contributed by atoms with Gasteiger partial charge in [-0.15, -0.1) is 0 Å². The maximum absolute atomic E-state index is 13.6. The minimum Gasteiger partial charge on any atom is -0.478 e. The highest BCUT2D eigenvalue weighted by Crippen LogP contribution is 2.18. The van der Waals surface area contributed by atoms with E-state index in [4.69, 9.17) is 10.4 Å². The van der Waals surface area contributed by atoms with Crippen molar-refractivity contribution in [3.8, 4) is 6.07 Å². The number of hydrogen-bond donors (Lipinski definition) is 1. The molecular formula is C16H13FN2O2. The largest absolute Gasteiger partial charge is 0.478 e. The van der Waals surface area contributed by atoms with Crippen molar-refractivity contribution in [1.29, 1.82) is 5.26 Å². The fourth-order valence-electron chi connectivity index (χ4n) is 1.99. The number of halogens is 1. The van der Waals surface area contributed by atoms with Gasteiger partial charge in [-0.3, -0.25) is 0 Å². The van der Waals surface area contributed by atoms with Gasteiger partial charge < -0.3 is 10.0 Å². The molecule has 0 aliphatic carbocycles. The third-order valence-corrected chi connectivity index (χ3v) is 3.12. The Balaban J connectivity index is 2.15. The van der Waals surface area contributed by atoms with E-state index in [1.807, 2.05) is 18.0 Å². The third-order valence-electron chi connectivity index (χ3n) is 3.12. The monoisotopic (exact) mass is 284 g/mol. The fraction of sp³-hybridized carbons (Fsp3) is 0.125. The van der Waals surface area contributed by atoms with Crippen molar-refractivity contribution in [2.24, 2.45) is 0 Å². The minimum atomic E-state index is -1.28. The molecule has 0 radical (unpaired) electrons. The van der Waals surface area contributed by atoms with E-state index in [9.17, 15) is 9.18 Å². The molecule has 0 aromatic heterocycles. The SMILES string of the molecule is CN(Cc1ccc(C(=O)O)c(F)c1)c1ccc(C#N)cc1. The zero-order valence-electron chi connectivity index (χ0n) is 11.4. The zero-order chi connectivity index (χ0) is 15.4. The topological polar surface area (TPSA) is 64.3 Å². The van der Waals surface area contributed by atoms with Crippen LogP contribution in [-0.2, 0) is 6.54 Å². The number of benzene rings is 2. The van der Waals surface area contributed by atoms with E-state index in [1.54, 1.807) is 30.3 Å². The number of aromatic carboxylic acids is 1. The minimum absolute atomic E-state index is 0.334. The van der Waals surface area contributed by atoms with Crippen molar-refractivity contribution in [2.75, 3.05) is 11.9 Å². The summed E-state index contributed by atoms with van der Waals surface area (Å²) in [5.74, 6) is -2.02. The van der Waals surface area contributed by atoms with E-state index < -0.39 is 11.8 Å². The lowest BCUT2D eigenvalue weighted by Crippen LogP contribution is -2.16. The number of anilines is 1. The second kappa shape index (κ2) is 6.06. The lowest BCUT2D eigenvalue weighted by molar-refractivity contribution is 0.0692. The Morgan fingerprint density at radius 2 is 1.95 bits per heavy atom. The van der Waals surface area contributed by atoms with Gasteiger partial charge in [0.15, 0.2) is 0 Å². The van der Waals surface area contributed by atoms with Crippen LogP contribution < -0.4 is 4.90 Å². The Morgan fingerprint density at radius 1 is 1.29 bits per heavy atom. The summed E-state index contributed by atoms with van der Waals surface area (Å²) in [5.41, 5.74) is 1.80. The van der Waals surface area contributed by atoms with Gasteiger partial charge >= 0.3 is 5.97 Å². The molecule has 0 bridgehead atoms. The number of nitriles is 1. The van der Waals surface area contributed by atoms with E-state index in [0.29, 0.717) is 17.7 Å². The van der Waals surface area contributed by atoms with Crippen LogP contribution in [0, 0.1) is 17.1 Å². The van der Waals surface area contributed by atoms with E-state index in [2.05, 4.69) is 0 Å². The van der Waals surface area contributed by atoms with E-state index >= 15 is 0 Å². The van der Waals surface area contributed by atoms with Crippen LogP contribution in [0.4, 0.5) is 10.1 Å². The highest BCUT2D eigenvalue weighted by atomic mass is 19.1. The highest BCUT2D eigenvalue weighted by Gasteiger charge is 2.11. The zero-order valence-corrected chi connectivity index (χ0v) is 11.4. The maximum atomic E-state index is 13.6. The number of nitrogens with zero attached hydrogens (tertiary/aromatic N) is 2. The average molecular weight is 284 g/mol. The molecule has 1 N–H and O–H groups in total. The molecule has 21 heavy (non-hydrogen) atoms. The fourth-order valence-corrected chi connectivity index (χ4v) is 1.99. The van der Waals surface area contributed by atoms with Crippen molar-refractivity contribution >= 4 is 11.7 Å². The smallest absolute Gasteiger partial charge is 0.338 e. The second-order valence-corrected chi connectivity index (χ2v) is 4.63. The van der Waals surface area contributed by atoms with Gasteiger partial charge in [0.2, 0.25) is 0 Å². The van der Waals surface area contributed by atoms with Crippen molar-refractivity contribution in [1.82, 2.24) is 0 Å². The predicted molar refractivity (Wildman–Crippen MR) is 76.6 cm³/mol. The van der Waals surface area contributed by atoms with Crippen LogP contribution in [0.2, 0.25) is 0 Å². The Kier molecular flexibility index (Phi) is 4.19. The normalized spacial score (nSPS) is 9.95. The maximum Gasteiger partial charge on any atom is 0.338 e. The molecule has 5 heteroatoms. The molecule has 2 rings (SSSR count). The van der Waals surface area contributed by atoms with Crippen LogP contribution >= 0.6 is 0 Å². The summed E-state index contributed by atoms with van der Waals surface area (Å²) in [5, 5.41) is 17.5. The molecule has 2 aromatic rings. The van der Waals surface area contributed by atoms with Crippen molar-refractivity contribution < 1.29 is 14.3 Å². The molecule has 0 saturated carbocycles. The lowest BCUT2D eigenvalue weighted by Gasteiger charge is -2.19. The second-order valence-electron chi connectivity index (χ2n) is 4.63. The molecular weight excluding hydrogens is 271 g/mol. The molecule has 0 aliphatic heterocycles. The molecule has 0 amide bonds. The Hall–Kier alpha value is -2.87. The Morgan fingerprint density at radius 3 is 2.48 bits per heavy atom. The van der Waals surface area contributed by atoms with Gasteiger partial charge in [-0.1, -0.05) is 6.07 Å². The molecule has 106 valence electrons. The van der Waals surface area contributed by atoms with Gasteiger partial charge in [-0.25, -0.2) is 9.18 Å². The molecule has 4 nitrogen and oxygen atoms in total. The van der Waals surface area contributed by atoms with Crippen LogP contribution in [-0.4, -0.2) is 18.1 Å². The summed E-state index contributed by atoms with van der Waals surface area (Å²) in [6, 6.07) is 13.2. The van der Waals surface area contributed by atoms with Crippen LogP contribution in [0.15, 0.2) is 42.5 Å². The molecule has 0 atom stereocenters. The van der Waals surface area contributed by atoms with E-state index in [-0.39, 0.29) is 5.56 Å². The van der Waals surface area contributed by atoms with Gasteiger partial charge in [-0.05, 0) is 42.0 Å². The first-order valence-electron chi connectivity index (χ1n) is 6.24. The summed E-state index contributed by atoms with van der Waals surface area (Å²) in [6.07, 6.45) is 0. The number of rotatable bonds is 4. The number of carbonyl (C=O) groups is 1. The van der Waals surface area contributed by atoms with E-state index in [0.717, 1.165) is 5.69 Å². The quantitative estimate of drug-likeness (QED) is 0.937.